The summed E-state index contributed by atoms with van der Waals surface area (Å²) in [4.78, 5) is 0. The van der Waals surface area contributed by atoms with E-state index in [0.717, 1.165) is 12.1 Å². The highest BCUT2D eigenvalue weighted by atomic mass is 15.3. The van der Waals surface area contributed by atoms with E-state index < -0.39 is 0 Å². The van der Waals surface area contributed by atoms with Gasteiger partial charge < -0.3 is 5.73 Å². The van der Waals surface area contributed by atoms with Gasteiger partial charge in [0.1, 0.15) is 0 Å². The SMILES string of the molecule is Cc1nn(C(C)CCC#N)cc1N. The Morgan fingerprint density at radius 3 is 2.92 bits per heavy atom. The molecule has 70 valence electrons. The lowest BCUT2D eigenvalue weighted by Gasteiger charge is -2.08. The highest BCUT2D eigenvalue weighted by Gasteiger charge is 2.07. The van der Waals surface area contributed by atoms with Crippen molar-refractivity contribution in [1.29, 1.82) is 5.26 Å². The van der Waals surface area contributed by atoms with E-state index >= 15 is 0 Å². The second-order valence-corrected chi connectivity index (χ2v) is 3.20. The molecule has 0 bridgehead atoms. The Balaban J connectivity index is 2.67. The van der Waals surface area contributed by atoms with Gasteiger partial charge in [0.2, 0.25) is 0 Å². The van der Waals surface area contributed by atoms with Gasteiger partial charge in [0.15, 0.2) is 0 Å². The lowest BCUT2D eigenvalue weighted by atomic mass is 10.2. The minimum Gasteiger partial charge on any atom is -0.396 e. The highest BCUT2D eigenvalue weighted by Crippen LogP contribution is 2.15. The molecule has 0 aromatic carbocycles. The van der Waals surface area contributed by atoms with Gasteiger partial charge in [-0.05, 0) is 20.3 Å². The maximum atomic E-state index is 8.42. The van der Waals surface area contributed by atoms with Crippen LogP contribution in [0, 0.1) is 18.3 Å². The predicted octanol–water partition coefficient (Wildman–Crippen LogP) is 1.64. The van der Waals surface area contributed by atoms with E-state index in [4.69, 9.17) is 11.0 Å². The van der Waals surface area contributed by atoms with Gasteiger partial charge in [0.05, 0.1) is 23.5 Å². The number of nitrogens with zero attached hydrogens (tertiary/aromatic N) is 3. The number of rotatable bonds is 3. The van der Waals surface area contributed by atoms with Crippen molar-refractivity contribution in [2.24, 2.45) is 0 Å². The fourth-order valence-electron chi connectivity index (χ4n) is 1.13. The zero-order valence-electron chi connectivity index (χ0n) is 7.99. The van der Waals surface area contributed by atoms with E-state index in [2.05, 4.69) is 11.2 Å². The first-order valence-corrected chi connectivity index (χ1v) is 4.33. The average Bonchev–Trinajstić information content (AvgIpc) is 2.43. The molecule has 1 atom stereocenters. The van der Waals surface area contributed by atoms with Crippen molar-refractivity contribution in [3.05, 3.63) is 11.9 Å². The summed E-state index contributed by atoms with van der Waals surface area (Å²) in [5, 5.41) is 12.7. The maximum absolute atomic E-state index is 8.42. The van der Waals surface area contributed by atoms with Gasteiger partial charge in [0.25, 0.3) is 0 Å². The summed E-state index contributed by atoms with van der Waals surface area (Å²) in [6.07, 6.45) is 3.19. The Morgan fingerprint density at radius 1 is 1.77 bits per heavy atom. The van der Waals surface area contributed by atoms with Gasteiger partial charge in [-0.15, -0.1) is 0 Å². The van der Waals surface area contributed by atoms with Crippen molar-refractivity contribution < 1.29 is 0 Å². The van der Waals surface area contributed by atoms with Gasteiger partial charge in [-0.1, -0.05) is 0 Å². The van der Waals surface area contributed by atoms with Gasteiger partial charge in [0, 0.05) is 12.6 Å². The largest absolute Gasteiger partial charge is 0.396 e. The van der Waals surface area contributed by atoms with Crippen LogP contribution >= 0.6 is 0 Å². The fourth-order valence-corrected chi connectivity index (χ4v) is 1.13. The molecule has 1 unspecified atom stereocenters. The Labute approximate surface area is 78.0 Å². The molecule has 0 amide bonds. The lowest BCUT2D eigenvalue weighted by Crippen LogP contribution is -2.05. The summed E-state index contributed by atoms with van der Waals surface area (Å²) in [5.41, 5.74) is 7.22. The van der Waals surface area contributed by atoms with Crippen LogP contribution in [0.5, 0.6) is 0 Å². The van der Waals surface area contributed by atoms with Crippen molar-refractivity contribution in [1.82, 2.24) is 9.78 Å². The van der Waals surface area contributed by atoms with E-state index in [-0.39, 0.29) is 6.04 Å². The smallest absolute Gasteiger partial charge is 0.0823 e. The molecule has 0 spiro atoms. The van der Waals surface area contributed by atoms with Gasteiger partial charge in [-0.2, -0.15) is 10.4 Å². The molecule has 4 heteroatoms. The van der Waals surface area contributed by atoms with Crippen LogP contribution in [0.2, 0.25) is 0 Å². The molecule has 0 fully saturated rings. The minimum atomic E-state index is 0.246. The number of anilines is 1. The number of nitrogen functional groups attached to an aromatic ring is 1. The van der Waals surface area contributed by atoms with Crippen LogP contribution in [-0.2, 0) is 0 Å². The van der Waals surface area contributed by atoms with Gasteiger partial charge in [-0.25, -0.2) is 0 Å². The van der Waals surface area contributed by atoms with Crippen molar-refractivity contribution >= 4 is 5.69 Å². The van der Waals surface area contributed by atoms with E-state index in [1.165, 1.54) is 0 Å². The third kappa shape index (κ3) is 2.22. The molecule has 0 aliphatic carbocycles. The van der Waals surface area contributed by atoms with E-state index in [0.29, 0.717) is 12.1 Å². The molecule has 1 aromatic rings. The average molecular weight is 178 g/mol. The van der Waals surface area contributed by atoms with Gasteiger partial charge >= 0.3 is 0 Å². The van der Waals surface area contributed by atoms with E-state index in [1.807, 2.05) is 24.7 Å². The molecular weight excluding hydrogens is 164 g/mol. The molecule has 1 rings (SSSR count). The second kappa shape index (κ2) is 3.94. The topological polar surface area (TPSA) is 67.6 Å². The predicted molar refractivity (Wildman–Crippen MR) is 50.9 cm³/mol. The molecule has 0 aliphatic rings. The summed E-state index contributed by atoms with van der Waals surface area (Å²) >= 11 is 0. The minimum absolute atomic E-state index is 0.246. The van der Waals surface area contributed by atoms with Crippen LogP contribution in [0.15, 0.2) is 6.20 Å². The first-order chi connectivity index (χ1) is 6.15. The molecule has 13 heavy (non-hydrogen) atoms. The molecule has 1 aromatic heterocycles. The lowest BCUT2D eigenvalue weighted by molar-refractivity contribution is 0.463. The first kappa shape index (κ1) is 9.59. The number of nitrogens with two attached hydrogens (primary N) is 1. The summed E-state index contributed by atoms with van der Waals surface area (Å²) in [6, 6.07) is 2.36. The Morgan fingerprint density at radius 2 is 2.46 bits per heavy atom. The van der Waals surface area contributed by atoms with Crippen LogP contribution in [0.25, 0.3) is 0 Å². The third-order valence-corrected chi connectivity index (χ3v) is 2.08. The quantitative estimate of drug-likeness (QED) is 0.765. The molecule has 0 saturated carbocycles. The zero-order chi connectivity index (χ0) is 9.84. The molecule has 0 radical (unpaired) electrons. The molecule has 2 N–H and O–H groups in total. The molecule has 0 saturated heterocycles. The zero-order valence-corrected chi connectivity index (χ0v) is 7.99. The van der Waals surface area contributed by atoms with Gasteiger partial charge in [-0.3, -0.25) is 4.68 Å². The molecule has 0 aliphatic heterocycles. The Bertz CT molecular complexity index is 301. The summed E-state index contributed by atoms with van der Waals surface area (Å²) in [6.45, 7) is 3.91. The van der Waals surface area contributed by atoms with Crippen molar-refractivity contribution in [2.75, 3.05) is 5.73 Å². The number of aromatic nitrogens is 2. The fraction of sp³-hybridized carbons (Fsp3) is 0.556. The Hall–Kier alpha value is -1.50. The van der Waals surface area contributed by atoms with Crippen LogP contribution in [0.4, 0.5) is 5.69 Å². The van der Waals surface area contributed by atoms with E-state index in [9.17, 15) is 0 Å². The van der Waals surface area contributed by atoms with Crippen molar-refractivity contribution in [3.63, 3.8) is 0 Å². The van der Waals surface area contributed by atoms with Crippen LogP contribution in [0.1, 0.15) is 31.5 Å². The first-order valence-electron chi connectivity index (χ1n) is 4.33. The monoisotopic (exact) mass is 178 g/mol. The van der Waals surface area contributed by atoms with Crippen LogP contribution < -0.4 is 5.73 Å². The van der Waals surface area contributed by atoms with Crippen LogP contribution in [-0.4, -0.2) is 9.78 Å². The summed E-state index contributed by atoms with van der Waals surface area (Å²) < 4.78 is 1.82. The summed E-state index contributed by atoms with van der Waals surface area (Å²) in [7, 11) is 0. The maximum Gasteiger partial charge on any atom is 0.0823 e. The standard InChI is InChI=1S/C9H14N4/c1-7(4-3-5-10)13-6-9(11)8(2)12-13/h6-7H,3-4,11H2,1-2H3. The third-order valence-electron chi connectivity index (χ3n) is 2.08. The Kier molecular flexibility index (Phi) is 2.91. The number of aryl methyl sites for hydroxylation is 1. The highest BCUT2D eigenvalue weighted by molar-refractivity contribution is 5.39. The van der Waals surface area contributed by atoms with Crippen LogP contribution in [0.3, 0.4) is 0 Å². The normalized spacial score (nSPS) is 12.4. The van der Waals surface area contributed by atoms with Crippen molar-refractivity contribution in [3.8, 4) is 6.07 Å². The summed E-state index contributed by atoms with van der Waals surface area (Å²) in [5.74, 6) is 0. The molecule has 1 heterocycles. The van der Waals surface area contributed by atoms with Crippen molar-refractivity contribution in [2.45, 2.75) is 32.7 Å². The second-order valence-electron chi connectivity index (χ2n) is 3.20. The number of nitriles is 1. The van der Waals surface area contributed by atoms with E-state index in [1.54, 1.807) is 0 Å². The number of hydrogen-bond donors (Lipinski definition) is 1. The molecule has 4 nitrogen and oxygen atoms in total. The number of hydrogen-bond acceptors (Lipinski definition) is 3. The molecular formula is C9H14N4.